The number of ketones is 1. The number of hydrogen-bond donors (Lipinski definition) is 0. The first-order chi connectivity index (χ1) is 7.94. The standard InChI is InChI=1S/C15H22O2/c1-10-4-5-11-8-12(16)6-7-15(10,11)9-13-14(2,3)17-13/h8,10,13H,4-7,9H2,1-3H3/t10-,13?,15-/m0/s1. The van der Waals surface area contributed by atoms with E-state index in [-0.39, 0.29) is 11.0 Å². The molecule has 17 heavy (non-hydrogen) atoms. The van der Waals surface area contributed by atoms with Crippen molar-refractivity contribution in [2.75, 3.05) is 0 Å². The summed E-state index contributed by atoms with van der Waals surface area (Å²) in [6.07, 6.45) is 7.63. The molecule has 3 atom stereocenters. The Bertz CT molecular complexity index is 394. The molecule has 3 rings (SSSR count). The number of ether oxygens (including phenoxy) is 1. The average molecular weight is 234 g/mol. The van der Waals surface area contributed by atoms with E-state index in [9.17, 15) is 4.79 Å². The van der Waals surface area contributed by atoms with Crippen molar-refractivity contribution in [3.8, 4) is 0 Å². The van der Waals surface area contributed by atoms with Gasteiger partial charge >= 0.3 is 0 Å². The van der Waals surface area contributed by atoms with Gasteiger partial charge in [0.2, 0.25) is 0 Å². The fraction of sp³-hybridized carbons (Fsp3) is 0.800. The van der Waals surface area contributed by atoms with Crippen LogP contribution in [0.3, 0.4) is 0 Å². The lowest BCUT2D eigenvalue weighted by molar-refractivity contribution is -0.116. The van der Waals surface area contributed by atoms with Gasteiger partial charge in [-0.25, -0.2) is 0 Å². The van der Waals surface area contributed by atoms with E-state index in [0.717, 1.165) is 25.7 Å². The Balaban J connectivity index is 1.87. The van der Waals surface area contributed by atoms with E-state index in [4.69, 9.17) is 4.74 Å². The van der Waals surface area contributed by atoms with Crippen LogP contribution in [0.5, 0.6) is 0 Å². The highest BCUT2D eigenvalue weighted by Gasteiger charge is 2.55. The van der Waals surface area contributed by atoms with E-state index >= 15 is 0 Å². The molecule has 1 unspecified atom stereocenters. The third-order valence-electron chi connectivity index (χ3n) is 5.30. The summed E-state index contributed by atoms with van der Waals surface area (Å²) in [6, 6.07) is 0. The van der Waals surface area contributed by atoms with Gasteiger partial charge in [-0.05, 0) is 56.9 Å². The van der Waals surface area contributed by atoms with Crippen molar-refractivity contribution in [2.24, 2.45) is 11.3 Å². The van der Waals surface area contributed by atoms with Crippen LogP contribution < -0.4 is 0 Å². The monoisotopic (exact) mass is 234 g/mol. The van der Waals surface area contributed by atoms with Crippen molar-refractivity contribution < 1.29 is 9.53 Å². The van der Waals surface area contributed by atoms with E-state index in [1.54, 1.807) is 0 Å². The second-order valence-electron chi connectivity index (χ2n) is 6.65. The Hall–Kier alpha value is -0.630. The number of fused-ring (bicyclic) bond motifs is 1. The van der Waals surface area contributed by atoms with E-state index in [1.807, 2.05) is 6.08 Å². The Morgan fingerprint density at radius 2 is 2.12 bits per heavy atom. The van der Waals surface area contributed by atoms with Gasteiger partial charge in [0.1, 0.15) is 0 Å². The fourth-order valence-corrected chi connectivity index (χ4v) is 3.83. The van der Waals surface area contributed by atoms with Crippen LogP contribution >= 0.6 is 0 Å². The van der Waals surface area contributed by atoms with Crippen LogP contribution in [0.25, 0.3) is 0 Å². The topological polar surface area (TPSA) is 29.6 Å². The maximum Gasteiger partial charge on any atom is 0.155 e. The second kappa shape index (κ2) is 3.44. The lowest BCUT2D eigenvalue weighted by Crippen LogP contribution is -2.32. The van der Waals surface area contributed by atoms with Crippen molar-refractivity contribution in [1.82, 2.24) is 0 Å². The molecule has 0 aromatic heterocycles. The van der Waals surface area contributed by atoms with E-state index in [0.29, 0.717) is 17.8 Å². The normalized spacial score (nSPS) is 43.2. The number of carbonyl (C=O) groups excluding carboxylic acids is 1. The van der Waals surface area contributed by atoms with Gasteiger partial charge in [0.05, 0.1) is 11.7 Å². The molecule has 2 heteroatoms. The van der Waals surface area contributed by atoms with Gasteiger partial charge in [-0.15, -0.1) is 0 Å². The van der Waals surface area contributed by atoms with Crippen molar-refractivity contribution in [2.45, 2.75) is 64.6 Å². The maximum atomic E-state index is 11.6. The van der Waals surface area contributed by atoms with Crippen molar-refractivity contribution in [3.05, 3.63) is 11.6 Å². The minimum absolute atomic E-state index is 0.0730. The molecular formula is C15H22O2. The first-order valence-corrected chi connectivity index (χ1v) is 6.86. The number of rotatable bonds is 2. The summed E-state index contributed by atoms with van der Waals surface area (Å²) in [5.74, 6) is 1.04. The number of carbonyl (C=O) groups is 1. The van der Waals surface area contributed by atoms with Crippen LogP contribution in [0.2, 0.25) is 0 Å². The van der Waals surface area contributed by atoms with Crippen LogP contribution in [0.15, 0.2) is 11.6 Å². The van der Waals surface area contributed by atoms with Gasteiger partial charge in [0.15, 0.2) is 5.78 Å². The molecule has 0 aromatic rings. The highest BCUT2D eigenvalue weighted by molar-refractivity contribution is 5.91. The predicted octanol–water partition coefficient (Wildman–Crippen LogP) is 3.26. The van der Waals surface area contributed by atoms with Gasteiger partial charge in [-0.3, -0.25) is 4.79 Å². The molecular weight excluding hydrogens is 212 g/mol. The van der Waals surface area contributed by atoms with Gasteiger partial charge in [-0.2, -0.15) is 0 Å². The molecule has 0 N–H and O–H groups in total. The van der Waals surface area contributed by atoms with Crippen molar-refractivity contribution >= 4 is 5.78 Å². The van der Waals surface area contributed by atoms with Crippen molar-refractivity contribution in [3.63, 3.8) is 0 Å². The van der Waals surface area contributed by atoms with Crippen LogP contribution in [0.4, 0.5) is 0 Å². The van der Waals surface area contributed by atoms with Gasteiger partial charge in [-0.1, -0.05) is 12.5 Å². The Morgan fingerprint density at radius 3 is 2.76 bits per heavy atom. The number of allylic oxidation sites excluding steroid dienone is 2. The average Bonchev–Trinajstić information content (AvgIpc) is 2.72. The zero-order valence-corrected chi connectivity index (χ0v) is 11.1. The molecule has 1 saturated carbocycles. The van der Waals surface area contributed by atoms with E-state index in [1.165, 1.54) is 12.0 Å². The van der Waals surface area contributed by atoms with Crippen LogP contribution in [-0.2, 0) is 9.53 Å². The predicted molar refractivity (Wildman–Crippen MR) is 66.7 cm³/mol. The lowest BCUT2D eigenvalue weighted by atomic mass is 9.66. The minimum atomic E-state index is 0.0730. The summed E-state index contributed by atoms with van der Waals surface area (Å²) >= 11 is 0. The molecule has 0 amide bonds. The summed E-state index contributed by atoms with van der Waals surface area (Å²) in [7, 11) is 0. The van der Waals surface area contributed by atoms with Gasteiger partial charge < -0.3 is 4.74 Å². The fourth-order valence-electron chi connectivity index (χ4n) is 3.83. The molecule has 94 valence electrons. The number of epoxide rings is 1. The highest BCUT2D eigenvalue weighted by Crippen LogP contribution is 2.58. The summed E-state index contributed by atoms with van der Waals surface area (Å²) in [5.41, 5.74) is 1.78. The molecule has 2 fully saturated rings. The van der Waals surface area contributed by atoms with E-state index in [2.05, 4.69) is 20.8 Å². The first kappa shape index (κ1) is 11.5. The molecule has 2 aliphatic carbocycles. The third kappa shape index (κ3) is 1.69. The molecule has 0 radical (unpaired) electrons. The second-order valence-corrected chi connectivity index (χ2v) is 6.65. The summed E-state index contributed by atoms with van der Waals surface area (Å²) < 4.78 is 5.77. The third-order valence-corrected chi connectivity index (χ3v) is 5.30. The van der Waals surface area contributed by atoms with E-state index < -0.39 is 0 Å². The number of hydrogen-bond acceptors (Lipinski definition) is 2. The quantitative estimate of drug-likeness (QED) is 0.686. The van der Waals surface area contributed by atoms with Gasteiger partial charge in [0.25, 0.3) is 0 Å². The SMILES string of the molecule is C[C@H]1CCC2=CC(=O)CC[C@@]21CC1OC1(C)C. The smallest absolute Gasteiger partial charge is 0.155 e. The van der Waals surface area contributed by atoms with Crippen LogP contribution in [0.1, 0.15) is 52.9 Å². The lowest BCUT2D eigenvalue weighted by Gasteiger charge is -2.37. The maximum absolute atomic E-state index is 11.6. The first-order valence-electron chi connectivity index (χ1n) is 6.86. The zero-order valence-electron chi connectivity index (χ0n) is 11.1. The van der Waals surface area contributed by atoms with Crippen LogP contribution in [-0.4, -0.2) is 17.5 Å². The molecule has 0 aromatic carbocycles. The summed E-state index contributed by atoms with van der Waals surface area (Å²) in [4.78, 5) is 11.6. The molecule has 1 aliphatic heterocycles. The largest absolute Gasteiger partial charge is 0.367 e. The zero-order chi connectivity index (χ0) is 12.3. The summed E-state index contributed by atoms with van der Waals surface area (Å²) in [5, 5.41) is 0. The minimum Gasteiger partial charge on any atom is -0.367 e. The molecule has 0 bridgehead atoms. The Morgan fingerprint density at radius 1 is 1.41 bits per heavy atom. The van der Waals surface area contributed by atoms with Crippen LogP contribution in [0, 0.1) is 11.3 Å². The summed E-state index contributed by atoms with van der Waals surface area (Å²) in [6.45, 7) is 6.70. The molecule has 3 aliphatic rings. The molecule has 0 spiro atoms. The van der Waals surface area contributed by atoms with Crippen molar-refractivity contribution in [1.29, 1.82) is 0 Å². The molecule has 1 saturated heterocycles. The molecule has 2 nitrogen and oxygen atoms in total. The highest BCUT2D eigenvalue weighted by atomic mass is 16.6. The Labute approximate surface area is 103 Å². The molecule has 1 heterocycles. The Kier molecular flexibility index (Phi) is 2.32. The van der Waals surface area contributed by atoms with Gasteiger partial charge in [0, 0.05) is 6.42 Å².